The van der Waals surface area contributed by atoms with Gasteiger partial charge in [0.15, 0.2) is 11.6 Å². The lowest BCUT2D eigenvalue weighted by atomic mass is 9.70. The topological polar surface area (TPSA) is 130 Å². The summed E-state index contributed by atoms with van der Waals surface area (Å²) in [5, 5.41) is 12.9. The van der Waals surface area contributed by atoms with Crippen molar-refractivity contribution in [1.29, 1.82) is 0 Å². The van der Waals surface area contributed by atoms with Crippen molar-refractivity contribution in [2.24, 2.45) is 28.0 Å². The fourth-order valence-corrected chi connectivity index (χ4v) is 8.70. The quantitative estimate of drug-likeness (QED) is 0.296. The molecule has 1 aromatic heterocycles. The Morgan fingerprint density at radius 3 is 2.73 bits per heavy atom. The minimum absolute atomic E-state index is 0.0570. The Morgan fingerprint density at radius 2 is 2.00 bits per heavy atom. The average molecular weight is 698 g/mol. The maximum atomic E-state index is 13.8. The molecular weight excluding hydrogens is 652 g/mol. The number of aryl methyl sites for hydroxylation is 1. The molecule has 2 N–H and O–H groups in total. The molecule has 0 saturated heterocycles. The number of allylic oxidation sites excluding steroid dienone is 1. The van der Waals surface area contributed by atoms with Crippen LogP contribution in [0.5, 0.6) is 5.75 Å². The Bertz CT molecular complexity index is 1630. The van der Waals surface area contributed by atoms with Gasteiger partial charge in [-0.25, -0.2) is 4.98 Å². The maximum absolute atomic E-state index is 13.8. The summed E-state index contributed by atoms with van der Waals surface area (Å²) in [4.78, 5) is 33.8. The fourth-order valence-electron chi connectivity index (χ4n) is 7.41. The second-order valence-corrected chi connectivity index (χ2v) is 15.8. The van der Waals surface area contributed by atoms with Crippen LogP contribution < -0.4 is 15.0 Å². The van der Waals surface area contributed by atoms with Crippen LogP contribution in [0.4, 0.5) is 5.82 Å². The molecule has 6 rings (SSSR count). The van der Waals surface area contributed by atoms with E-state index in [0.29, 0.717) is 61.5 Å². The van der Waals surface area contributed by atoms with Crippen molar-refractivity contribution >= 4 is 39.8 Å². The summed E-state index contributed by atoms with van der Waals surface area (Å²) in [6.45, 7) is 5.32. The van der Waals surface area contributed by atoms with Crippen molar-refractivity contribution in [1.82, 2.24) is 10.3 Å². The number of anilines is 1. The molecule has 10 nitrogen and oxygen atoms in total. The second-order valence-electron chi connectivity index (χ2n) is 14.2. The molecule has 1 unspecified atom stereocenters. The maximum Gasteiger partial charge on any atom is 0.272 e. The van der Waals surface area contributed by atoms with Crippen LogP contribution in [0.3, 0.4) is 0 Å². The summed E-state index contributed by atoms with van der Waals surface area (Å²) in [6, 6.07) is 9.35. The highest BCUT2D eigenvalue weighted by molar-refractivity contribution is 7.75. The number of aliphatic hydroxyl groups is 1. The number of rotatable bonds is 3. The first-order chi connectivity index (χ1) is 23.0. The smallest absolute Gasteiger partial charge is 0.272 e. The molecule has 48 heavy (non-hydrogen) atoms. The second kappa shape index (κ2) is 14.9. The lowest BCUT2D eigenvalue weighted by Gasteiger charge is -2.43. The molecule has 260 valence electrons. The number of nitrogens with zero attached hydrogens (tertiary/aromatic N) is 3. The Morgan fingerprint density at radius 1 is 1.19 bits per heavy atom. The first kappa shape index (κ1) is 34.9. The molecule has 2 aromatic rings. The number of benzene rings is 1. The normalized spacial score (nSPS) is 32.1. The molecule has 2 bridgehead atoms. The molecule has 5 atom stereocenters. The minimum atomic E-state index is -2.10. The first-order valence-electron chi connectivity index (χ1n) is 17.1. The van der Waals surface area contributed by atoms with Crippen molar-refractivity contribution in [3.63, 3.8) is 0 Å². The van der Waals surface area contributed by atoms with Crippen LogP contribution >= 0.6 is 11.6 Å². The summed E-state index contributed by atoms with van der Waals surface area (Å²) in [6.07, 6.45) is 9.86. The van der Waals surface area contributed by atoms with E-state index in [9.17, 15) is 18.9 Å². The third-order valence-corrected chi connectivity index (χ3v) is 12.0. The highest BCUT2D eigenvalue weighted by atomic mass is 35.5. The van der Waals surface area contributed by atoms with Crippen molar-refractivity contribution in [2.75, 3.05) is 25.2 Å². The van der Waals surface area contributed by atoms with Gasteiger partial charge in [0.1, 0.15) is 5.69 Å². The zero-order chi connectivity index (χ0) is 34.0. The number of halogens is 1. The van der Waals surface area contributed by atoms with Gasteiger partial charge in [-0.3, -0.25) is 9.59 Å². The van der Waals surface area contributed by atoms with Gasteiger partial charge in [0.2, 0.25) is 5.91 Å². The number of amides is 2. The van der Waals surface area contributed by atoms with Crippen LogP contribution in [0, 0.1) is 23.7 Å². The molecule has 2 amide bonds. The van der Waals surface area contributed by atoms with Gasteiger partial charge in [-0.2, -0.15) is 10.6 Å². The summed E-state index contributed by atoms with van der Waals surface area (Å²) in [5.41, 5.74) is 1.50. The van der Waals surface area contributed by atoms with Crippen LogP contribution in [-0.4, -0.2) is 59.2 Å². The third-order valence-electron chi connectivity index (χ3n) is 10.4. The predicted molar refractivity (Wildman–Crippen MR) is 185 cm³/mol. The highest BCUT2D eigenvalue weighted by Gasteiger charge is 2.43. The van der Waals surface area contributed by atoms with E-state index in [1.807, 2.05) is 25.1 Å². The standard InChI is InChI=1S/C36H46ClN4O6S/c1-22-7-6-9-30(46-3)28-13-11-25(28)21-41-20-24-10-12-27(37)17-23(24)8-4-5-16-47-31-15-14-29(38-32(31)41)34(43)40-48(45)35(22)39-33(42)26-18-36(2,44)19-26/h6,9-10,12,14-15,17,22,25-26,28,30,35,44H,4-5,7-8,11,13,16,18-21H2,1-3H3,(H,39,42)/q-1/b9-6+/t22-,25-,26?,28+,30-,35?,36?/m0/s1. The number of carbonyl (C=O) groups is 2. The van der Waals surface area contributed by atoms with E-state index >= 15 is 0 Å². The molecule has 2 fully saturated rings. The Labute approximate surface area is 289 Å². The van der Waals surface area contributed by atoms with Gasteiger partial charge >= 0.3 is 0 Å². The Kier molecular flexibility index (Phi) is 10.8. The minimum Gasteiger partial charge on any atom is -0.490 e. The van der Waals surface area contributed by atoms with Crippen LogP contribution in [0.15, 0.2) is 46.8 Å². The van der Waals surface area contributed by atoms with E-state index in [0.717, 1.165) is 37.7 Å². The summed E-state index contributed by atoms with van der Waals surface area (Å²) < 4.78 is 30.1. The molecule has 2 aliphatic heterocycles. The van der Waals surface area contributed by atoms with Gasteiger partial charge in [-0.15, -0.1) is 0 Å². The van der Waals surface area contributed by atoms with Crippen LogP contribution in [0.1, 0.15) is 80.4 Å². The van der Waals surface area contributed by atoms with Crippen molar-refractivity contribution in [3.8, 4) is 5.75 Å². The highest BCUT2D eigenvalue weighted by Crippen LogP contribution is 2.42. The summed E-state index contributed by atoms with van der Waals surface area (Å²) in [5.74, 6) is 0.00662. The van der Waals surface area contributed by atoms with E-state index in [2.05, 4.69) is 26.7 Å². The number of fused-ring (bicyclic) bond motifs is 3. The van der Waals surface area contributed by atoms with Gasteiger partial charge < -0.3 is 33.4 Å². The number of hydrogen-bond acceptors (Lipinski definition) is 9. The number of hydrogen-bond donors (Lipinski definition) is 2. The van der Waals surface area contributed by atoms with Crippen LogP contribution in [0.2, 0.25) is 5.02 Å². The Balaban J connectivity index is 1.40. The lowest BCUT2D eigenvalue weighted by molar-refractivity contribution is -0.139. The number of nitrogens with one attached hydrogen (secondary N) is 1. The van der Waals surface area contributed by atoms with Crippen molar-refractivity contribution in [2.45, 2.75) is 88.8 Å². The molecular formula is C36H46ClN4O6S-. The fraction of sp³-hybridized carbons (Fsp3) is 0.583. The van der Waals surface area contributed by atoms with Gasteiger partial charge in [0.25, 0.3) is 5.91 Å². The predicted octanol–water partition coefficient (Wildman–Crippen LogP) is 5.98. The number of aromatic nitrogens is 1. The molecule has 2 aliphatic carbocycles. The molecule has 0 radical (unpaired) electrons. The number of carbonyl (C=O) groups excluding carboxylic acids is 2. The van der Waals surface area contributed by atoms with Crippen LogP contribution in [0.25, 0.3) is 0 Å². The molecule has 1 aromatic carbocycles. The van der Waals surface area contributed by atoms with E-state index in [1.54, 1.807) is 26.2 Å². The van der Waals surface area contributed by atoms with Gasteiger partial charge in [-0.1, -0.05) is 36.7 Å². The monoisotopic (exact) mass is 697 g/mol. The molecule has 0 spiro atoms. The largest absolute Gasteiger partial charge is 0.490 e. The van der Waals surface area contributed by atoms with Gasteiger partial charge in [-0.05, 0) is 117 Å². The zero-order valence-corrected chi connectivity index (χ0v) is 29.5. The van der Waals surface area contributed by atoms with Crippen LogP contribution in [-0.2, 0) is 37.3 Å². The van der Waals surface area contributed by atoms with E-state index < -0.39 is 27.5 Å². The van der Waals surface area contributed by atoms with E-state index in [-0.39, 0.29) is 35.5 Å². The lowest BCUT2D eigenvalue weighted by Crippen LogP contribution is -2.51. The van der Waals surface area contributed by atoms with Crippen molar-refractivity contribution in [3.05, 3.63) is 64.3 Å². The number of ether oxygens (including phenoxy) is 2. The van der Waals surface area contributed by atoms with E-state index in [1.165, 1.54) is 5.56 Å². The number of methoxy groups -OCH3 is 1. The summed E-state index contributed by atoms with van der Waals surface area (Å²) in [7, 11) is -0.367. The third kappa shape index (κ3) is 7.90. The summed E-state index contributed by atoms with van der Waals surface area (Å²) >= 11 is 6.43. The molecule has 2 saturated carbocycles. The van der Waals surface area contributed by atoms with Crippen molar-refractivity contribution < 1.29 is 28.4 Å². The molecule has 3 heterocycles. The Hall–Kier alpha value is -2.99. The zero-order valence-electron chi connectivity index (χ0n) is 27.9. The van der Waals surface area contributed by atoms with Gasteiger partial charge in [0, 0.05) is 31.1 Å². The van der Waals surface area contributed by atoms with Gasteiger partial charge in [0.05, 0.1) is 18.3 Å². The molecule has 4 aliphatic rings. The van der Waals surface area contributed by atoms with E-state index in [4.69, 9.17) is 26.1 Å². The first-order valence-corrected chi connectivity index (χ1v) is 18.6. The molecule has 12 heteroatoms. The SMILES string of the molecule is CO[C@H]1/C=C/C[C@H](C)C(NC(=O)C2CC(C)(O)C2)[S-](=O)=NC(=O)c2ccc3c(n2)N(Cc2ccc(Cl)cc2CCCCO3)C[C@@H]2CC[C@H]21. The average Bonchev–Trinajstić information content (AvgIpc) is 3.06. The number of pyridine rings is 1.